The first-order valence-electron chi connectivity index (χ1n) is 3.28. The van der Waals surface area contributed by atoms with Crippen molar-refractivity contribution in [1.29, 1.82) is 0 Å². The molecule has 2 N–H and O–H groups in total. The topological polar surface area (TPSA) is 24.1 Å². The van der Waals surface area contributed by atoms with Crippen molar-refractivity contribution in [2.75, 3.05) is 13.1 Å². The minimum atomic E-state index is -0.702. The predicted molar refractivity (Wildman–Crippen MR) is 40.4 cm³/mol. The number of hydrogen-bond acceptors (Lipinski definition) is 2. The molecule has 0 aromatic heterocycles. The maximum absolute atomic E-state index is 3.37. The van der Waals surface area contributed by atoms with E-state index in [0.717, 1.165) is 13.1 Å². The summed E-state index contributed by atoms with van der Waals surface area (Å²) < 4.78 is 0. The van der Waals surface area contributed by atoms with Gasteiger partial charge in [0, 0.05) is 0 Å². The van der Waals surface area contributed by atoms with Crippen LogP contribution in [-0.4, -0.2) is 22.2 Å². The average molecular weight is 132 g/mol. The van der Waals surface area contributed by atoms with Gasteiger partial charge in [-0.3, -0.25) is 0 Å². The van der Waals surface area contributed by atoms with E-state index in [-0.39, 0.29) is 0 Å². The largest absolute Gasteiger partial charge is 0.328 e. The van der Waals surface area contributed by atoms with E-state index in [2.05, 4.69) is 30.4 Å². The summed E-state index contributed by atoms with van der Waals surface area (Å²) in [5.41, 5.74) is 0. The monoisotopic (exact) mass is 132 g/mol. The van der Waals surface area contributed by atoms with Gasteiger partial charge in [0.15, 0.2) is 9.12 Å². The first kappa shape index (κ1) is 8.14. The molecule has 0 spiro atoms. The molecular formula is C5H16N2Si. The second-order valence-electron chi connectivity index (χ2n) is 1.84. The zero-order valence-electron chi connectivity index (χ0n) is 5.99. The molecule has 0 amide bonds. The minimum Gasteiger partial charge on any atom is -0.328 e. The summed E-state index contributed by atoms with van der Waals surface area (Å²) in [6.07, 6.45) is 0. The molecule has 0 rings (SSSR count). The number of nitrogens with one attached hydrogen (secondary N) is 2. The van der Waals surface area contributed by atoms with Gasteiger partial charge in [-0.05, 0) is 19.6 Å². The quantitative estimate of drug-likeness (QED) is 0.528. The van der Waals surface area contributed by atoms with Gasteiger partial charge < -0.3 is 9.96 Å². The van der Waals surface area contributed by atoms with Crippen molar-refractivity contribution in [3.05, 3.63) is 0 Å². The highest BCUT2D eigenvalue weighted by atomic mass is 28.3. The minimum absolute atomic E-state index is 0.702. The number of hydrogen-bond donors (Lipinski definition) is 2. The highest BCUT2D eigenvalue weighted by molar-refractivity contribution is 6.51. The Hall–Kier alpha value is 0.137. The summed E-state index contributed by atoms with van der Waals surface area (Å²) in [5.74, 6) is 0. The van der Waals surface area contributed by atoms with E-state index in [0.29, 0.717) is 0 Å². The highest BCUT2D eigenvalue weighted by Crippen LogP contribution is 1.65. The molecule has 0 atom stereocenters. The fourth-order valence-corrected chi connectivity index (χ4v) is 2.05. The Morgan fingerprint density at radius 3 is 1.75 bits per heavy atom. The first-order chi connectivity index (χ1) is 3.81. The van der Waals surface area contributed by atoms with Gasteiger partial charge >= 0.3 is 0 Å². The Balaban J connectivity index is 2.92. The van der Waals surface area contributed by atoms with Crippen LogP contribution in [-0.2, 0) is 0 Å². The third-order valence-electron chi connectivity index (χ3n) is 1.02. The molecule has 0 aliphatic heterocycles. The molecule has 0 aliphatic rings. The summed E-state index contributed by atoms with van der Waals surface area (Å²) >= 11 is 0. The summed E-state index contributed by atoms with van der Waals surface area (Å²) in [7, 11) is -0.702. The Morgan fingerprint density at radius 2 is 1.50 bits per heavy atom. The summed E-state index contributed by atoms with van der Waals surface area (Å²) in [6, 6.07) is 0. The molecule has 0 bridgehead atoms. The van der Waals surface area contributed by atoms with Crippen molar-refractivity contribution in [2.24, 2.45) is 0 Å². The van der Waals surface area contributed by atoms with Crippen molar-refractivity contribution < 1.29 is 0 Å². The maximum Gasteiger partial charge on any atom is 0.181 e. The third-order valence-corrected chi connectivity index (χ3v) is 3.06. The predicted octanol–water partition coefficient (Wildman–Crippen LogP) is 0.0557. The van der Waals surface area contributed by atoms with Gasteiger partial charge in [0.25, 0.3) is 0 Å². The van der Waals surface area contributed by atoms with Gasteiger partial charge in [-0.25, -0.2) is 0 Å². The van der Waals surface area contributed by atoms with Gasteiger partial charge in [0.2, 0.25) is 0 Å². The maximum atomic E-state index is 3.37. The lowest BCUT2D eigenvalue weighted by molar-refractivity contribution is 0.898. The first-order valence-corrected chi connectivity index (χ1v) is 5.59. The van der Waals surface area contributed by atoms with Crippen LogP contribution in [0.3, 0.4) is 0 Å². The molecule has 8 heavy (non-hydrogen) atoms. The molecule has 0 saturated carbocycles. The Kier molecular flexibility index (Phi) is 5.37. The Labute approximate surface area is 53.4 Å². The number of rotatable bonds is 4. The summed E-state index contributed by atoms with van der Waals surface area (Å²) in [5, 5.41) is 0. The van der Waals surface area contributed by atoms with Crippen molar-refractivity contribution in [3.63, 3.8) is 0 Å². The van der Waals surface area contributed by atoms with E-state index >= 15 is 0 Å². The van der Waals surface area contributed by atoms with E-state index in [1.54, 1.807) is 0 Å². The van der Waals surface area contributed by atoms with Crippen LogP contribution in [0.4, 0.5) is 0 Å². The lowest BCUT2D eigenvalue weighted by Crippen LogP contribution is -2.44. The average Bonchev–Trinajstić information content (AvgIpc) is 1.68. The Morgan fingerprint density at radius 1 is 1.12 bits per heavy atom. The van der Waals surface area contributed by atoms with E-state index in [4.69, 9.17) is 0 Å². The molecule has 2 nitrogen and oxygen atoms in total. The Bertz CT molecular complexity index is 43.7. The molecule has 0 saturated heterocycles. The van der Waals surface area contributed by atoms with Crippen LogP contribution in [0.1, 0.15) is 13.8 Å². The van der Waals surface area contributed by atoms with Gasteiger partial charge in [-0.1, -0.05) is 13.8 Å². The molecule has 50 valence electrons. The zero-order valence-corrected chi connectivity index (χ0v) is 7.15. The van der Waals surface area contributed by atoms with E-state index in [1.165, 1.54) is 0 Å². The van der Waals surface area contributed by atoms with Crippen LogP contribution in [0, 0.1) is 0 Å². The molecule has 0 aromatic rings. The van der Waals surface area contributed by atoms with Crippen LogP contribution in [0.2, 0.25) is 6.55 Å². The molecule has 0 fully saturated rings. The van der Waals surface area contributed by atoms with Gasteiger partial charge in [0.05, 0.1) is 0 Å². The molecule has 0 aromatic carbocycles. The van der Waals surface area contributed by atoms with Gasteiger partial charge in [-0.15, -0.1) is 0 Å². The molecular weight excluding hydrogens is 116 g/mol. The molecule has 0 unspecified atom stereocenters. The van der Waals surface area contributed by atoms with E-state index < -0.39 is 9.12 Å². The zero-order chi connectivity index (χ0) is 6.41. The van der Waals surface area contributed by atoms with E-state index in [1.807, 2.05) is 0 Å². The molecule has 0 aliphatic carbocycles. The normalized spacial score (nSPS) is 10.5. The van der Waals surface area contributed by atoms with Crippen LogP contribution < -0.4 is 9.96 Å². The molecule has 0 radical (unpaired) electrons. The highest BCUT2D eigenvalue weighted by Gasteiger charge is 1.95. The van der Waals surface area contributed by atoms with Crippen molar-refractivity contribution in [1.82, 2.24) is 9.96 Å². The summed E-state index contributed by atoms with van der Waals surface area (Å²) in [6.45, 7) is 8.73. The molecule has 0 heterocycles. The third kappa shape index (κ3) is 4.30. The van der Waals surface area contributed by atoms with Gasteiger partial charge in [0.1, 0.15) is 0 Å². The summed E-state index contributed by atoms with van der Waals surface area (Å²) in [4.78, 5) is 6.75. The van der Waals surface area contributed by atoms with Crippen LogP contribution >= 0.6 is 0 Å². The molecule has 3 heteroatoms. The smallest absolute Gasteiger partial charge is 0.181 e. The van der Waals surface area contributed by atoms with Crippen molar-refractivity contribution in [2.45, 2.75) is 20.4 Å². The van der Waals surface area contributed by atoms with Crippen molar-refractivity contribution in [3.8, 4) is 0 Å². The second kappa shape index (κ2) is 5.28. The SMILES string of the molecule is CCN[SiH](C)NCC. The second-order valence-corrected chi connectivity index (χ2v) is 4.10. The fraction of sp³-hybridized carbons (Fsp3) is 1.00. The lowest BCUT2D eigenvalue weighted by atomic mass is 10.8. The van der Waals surface area contributed by atoms with Crippen LogP contribution in [0.5, 0.6) is 0 Å². The van der Waals surface area contributed by atoms with Crippen molar-refractivity contribution >= 4 is 9.12 Å². The van der Waals surface area contributed by atoms with Gasteiger partial charge in [-0.2, -0.15) is 0 Å². The fourth-order valence-electron chi connectivity index (χ4n) is 0.685. The van der Waals surface area contributed by atoms with Crippen LogP contribution in [0.25, 0.3) is 0 Å². The van der Waals surface area contributed by atoms with E-state index in [9.17, 15) is 0 Å². The van der Waals surface area contributed by atoms with Crippen LogP contribution in [0.15, 0.2) is 0 Å². The standard InChI is InChI=1S/C5H16N2Si/c1-4-6-8(3)7-5-2/h6-8H,4-5H2,1-3H3. The lowest BCUT2D eigenvalue weighted by Gasteiger charge is -2.09.